The first-order valence-electron chi connectivity index (χ1n) is 21.5. The van der Waals surface area contributed by atoms with Gasteiger partial charge in [-0.2, -0.15) is 0 Å². The van der Waals surface area contributed by atoms with E-state index in [1.165, 1.54) is 55.2 Å². The molecule has 0 N–H and O–H groups in total. The summed E-state index contributed by atoms with van der Waals surface area (Å²) in [6, 6.07) is 87.0. The zero-order valence-electron chi connectivity index (χ0n) is 34.4. The number of hydrogen-bond acceptors (Lipinski definition) is 2. The molecule has 3 nitrogen and oxygen atoms in total. The smallest absolute Gasteiger partial charge is 0.143 e. The zero-order chi connectivity index (χ0) is 41.7. The summed E-state index contributed by atoms with van der Waals surface area (Å²) in [5.41, 5.74) is 17.9. The Kier molecular flexibility index (Phi) is 8.83. The van der Waals surface area contributed by atoms with E-state index in [9.17, 15) is 0 Å². The first-order valence-corrected chi connectivity index (χ1v) is 21.5. The van der Waals surface area contributed by atoms with Crippen LogP contribution < -0.4 is 4.90 Å². The highest BCUT2D eigenvalue weighted by atomic mass is 16.3. The Hall–Kier alpha value is -8.40. The van der Waals surface area contributed by atoms with Crippen molar-refractivity contribution in [3.05, 3.63) is 243 Å². The Bertz CT molecular complexity index is 3580. The number of anilines is 3. The van der Waals surface area contributed by atoms with Crippen molar-refractivity contribution in [2.45, 2.75) is 0 Å². The summed E-state index contributed by atoms with van der Waals surface area (Å²) in [7, 11) is 0. The molecule has 0 spiro atoms. The second-order valence-corrected chi connectivity index (χ2v) is 16.1. The Morgan fingerprint density at radius 1 is 0.302 bits per heavy atom. The number of rotatable bonds is 8. The number of nitrogens with zero attached hydrogens (tertiary/aromatic N) is 2. The number of furan rings is 1. The highest BCUT2D eigenvalue weighted by Gasteiger charge is 2.17. The SMILES string of the molecule is c1ccc(-c2cccc(-c3ccc(N(c4ccc(-c5ccc6c(c5)c5ccccc5n6-c5ccccc5)cc4)c4ccc(-c5cccc6c5oc5ccccc56)cc4)cc3)c2)cc1. The summed E-state index contributed by atoms with van der Waals surface area (Å²) in [4.78, 5) is 2.34. The van der Waals surface area contributed by atoms with E-state index in [1.807, 2.05) is 12.1 Å². The van der Waals surface area contributed by atoms with Crippen molar-refractivity contribution in [2.24, 2.45) is 0 Å². The first kappa shape index (κ1) is 36.5. The van der Waals surface area contributed by atoms with E-state index in [0.717, 1.165) is 55.8 Å². The summed E-state index contributed by atoms with van der Waals surface area (Å²) >= 11 is 0. The van der Waals surface area contributed by atoms with Crippen LogP contribution in [0.15, 0.2) is 247 Å². The van der Waals surface area contributed by atoms with Crippen LogP contribution in [0.25, 0.3) is 93.9 Å². The van der Waals surface area contributed by atoms with E-state index in [1.54, 1.807) is 0 Å². The molecule has 0 bridgehead atoms. The molecule has 0 fully saturated rings. The van der Waals surface area contributed by atoms with Gasteiger partial charge in [0.2, 0.25) is 0 Å². The van der Waals surface area contributed by atoms with E-state index >= 15 is 0 Å². The summed E-state index contributed by atoms with van der Waals surface area (Å²) in [6.07, 6.45) is 0. The molecule has 2 heterocycles. The van der Waals surface area contributed by atoms with Gasteiger partial charge in [0.25, 0.3) is 0 Å². The van der Waals surface area contributed by atoms with Crippen molar-refractivity contribution in [2.75, 3.05) is 4.90 Å². The Morgan fingerprint density at radius 2 is 0.778 bits per heavy atom. The van der Waals surface area contributed by atoms with E-state index < -0.39 is 0 Å². The number of aromatic nitrogens is 1. The lowest BCUT2D eigenvalue weighted by Gasteiger charge is -2.26. The van der Waals surface area contributed by atoms with Gasteiger partial charge in [-0.25, -0.2) is 0 Å². The average Bonchev–Trinajstić information content (AvgIpc) is 3.91. The molecular weight excluding hydrogens is 765 g/mol. The van der Waals surface area contributed by atoms with Crippen LogP contribution in [-0.2, 0) is 0 Å². The maximum atomic E-state index is 6.44. The van der Waals surface area contributed by atoms with Crippen molar-refractivity contribution >= 4 is 60.8 Å². The van der Waals surface area contributed by atoms with E-state index in [-0.39, 0.29) is 0 Å². The molecule has 10 aromatic carbocycles. The Labute approximate surface area is 366 Å². The molecule has 2 aromatic heterocycles. The standard InChI is InChI=1S/C60H40N2O/c1-3-13-41(14-4-1)45-15-11-16-46(39-45)42-25-32-49(33-26-42)61(51-36-29-44(30-37-51)52-21-12-22-55-54-20-8-10-24-59(54)63-60(52)55)50-34-27-43(28-35-50)47-31-38-58-56(40-47)53-19-7-9-23-57(53)62(58)48-17-5-2-6-18-48/h1-40H. The molecule has 0 aliphatic rings. The van der Waals surface area contributed by atoms with Gasteiger partial charge in [-0.15, -0.1) is 0 Å². The third kappa shape index (κ3) is 6.46. The zero-order valence-corrected chi connectivity index (χ0v) is 34.4. The largest absolute Gasteiger partial charge is 0.455 e. The van der Waals surface area contributed by atoms with Crippen molar-refractivity contribution in [1.82, 2.24) is 4.57 Å². The molecule has 12 aromatic rings. The molecule has 12 rings (SSSR count). The normalized spacial score (nSPS) is 11.5. The van der Waals surface area contributed by atoms with Crippen LogP contribution in [0.1, 0.15) is 0 Å². The van der Waals surface area contributed by atoms with Gasteiger partial charge in [0.1, 0.15) is 11.2 Å². The Balaban J connectivity index is 0.926. The summed E-state index contributed by atoms with van der Waals surface area (Å²) in [5, 5.41) is 4.75. The van der Waals surface area contributed by atoms with Crippen LogP contribution in [0.2, 0.25) is 0 Å². The molecule has 0 saturated carbocycles. The van der Waals surface area contributed by atoms with Gasteiger partial charge in [-0.05, 0) is 118 Å². The van der Waals surface area contributed by atoms with E-state index in [2.05, 4.69) is 240 Å². The fourth-order valence-electron chi connectivity index (χ4n) is 9.33. The molecule has 0 aliphatic carbocycles. The van der Waals surface area contributed by atoms with Gasteiger partial charge >= 0.3 is 0 Å². The molecule has 296 valence electrons. The topological polar surface area (TPSA) is 21.3 Å². The molecule has 0 aliphatic heterocycles. The van der Waals surface area contributed by atoms with Crippen LogP contribution in [0.5, 0.6) is 0 Å². The van der Waals surface area contributed by atoms with Crippen LogP contribution in [0.3, 0.4) is 0 Å². The first-order chi connectivity index (χ1) is 31.2. The highest BCUT2D eigenvalue weighted by Crippen LogP contribution is 2.41. The van der Waals surface area contributed by atoms with Crippen molar-refractivity contribution in [3.8, 4) is 50.2 Å². The van der Waals surface area contributed by atoms with Crippen molar-refractivity contribution in [3.63, 3.8) is 0 Å². The van der Waals surface area contributed by atoms with E-state index in [4.69, 9.17) is 4.42 Å². The lowest BCUT2D eigenvalue weighted by atomic mass is 9.98. The average molecular weight is 805 g/mol. The molecule has 0 radical (unpaired) electrons. The molecule has 63 heavy (non-hydrogen) atoms. The minimum Gasteiger partial charge on any atom is -0.455 e. The second-order valence-electron chi connectivity index (χ2n) is 16.1. The lowest BCUT2D eigenvalue weighted by Crippen LogP contribution is -2.09. The van der Waals surface area contributed by atoms with E-state index in [0.29, 0.717) is 0 Å². The highest BCUT2D eigenvalue weighted by molar-refractivity contribution is 6.11. The fraction of sp³-hybridized carbons (Fsp3) is 0. The summed E-state index contributed by atoms with van der Waals surface area (Å²) in [5.74, 6) is 0. The maximum absolute atomic E-state index is 6.44. The number of fused-ring (bicyclic) bond motifs is 6. The Morgan fingerprint density at radius 3 is 1.46 bits per heavy atom. The molecule has 0 saturated heterocycles. The third-order valence-electron chi connectivity index (χ3n) is 12.4. The van der Waals surface area contributed by atoms with Crippen LogP contribution in [-0.4, -0.2) is 4.57 Å². The second kappa shape index (κ2) is 15.3. The van der Waals surface area contributed by atoms with Crippen molar-refractivity contribution in [1.29, 1.82) is 0 Å². The molecular formula is C60H40N2O. The third-order valence-corrected chi connectivity index (χ3v) is 12.4. The molecule has 0 amide bonds. The number of benzene rings is 10. The van der Waals surface area contributed by atoms with Crippen molar-refractivity contribution < 1.29 is 4.42 Å². The van der Waals surface area contributed by atoms with Gasteiger partial charge in [0.05, 0.1) is 11.0 Å². The molecule has 0 atom stereocenters. The van der Waals surface area contributed by atoms with Gasteiger partial charge < -0.3 is 13.9 Å². The summed E-state index contributed by atoms with van der Waals surface area (Å²) < 4.78 is 8.80. The quantitative estimate of drug-likeness (QED) is 0.153. The minimum absolute atomic E-state index is 0.903. The summed E-state index contributed by atoms with van der Waals surface area (Å²) in [6.45, 7) is 0. The lowest BCUT2D eigenvalue weighted by molar-refractivity contribution is 0.670. The minimum atomic E-state index is 0.903. The van der Waals surface area contributed by atoms with Gasteiger partial charge in [-0.3, -0.25) is 0 Å². The van der Waals surface area contributed by atoms with Gasteiger partial charge in [-0.1, -0.05) is 164 Å². The molecule has 3 heteroatoms. The van der Waals surface area contributed by atoms with Gasteiger partial charge in [0, 0.05) is 49.9 Å². The molecule has 0 unspecified atom stereocenters. The number of para-hydroxylation sites is 4. The van der Waals surface area contributed by atoms with Gasteiger partial charge in [0.15, 0.2) is 0 Å². The predicted octanol–water partition coefficient (Wildman–Crippen LogP) is 16.8. The number of hydrogen-bond donors (Lipinski definition) is 0. The van der Waals surface area contributed by atoms with Crippen LogP contribution in [0, 0.1) is 0 Å². The fourth-order valence-corrected chi connectivity index (χ4v) is 9.33. The maximum Gasteiger partial charge on any atom is 0.143 e. The van der Waals surface area contributed by atoms with Crippen LogP contribution in [0.4, 0.5) is 17.1 Å². The monoisotopic (exact) mass is 804 g/mol. The predicted molar refractivity (Wildman–Crippen MR) is 264 cm³/mol. The van der Waals surface area contributed by atoms with Crippen LogP contribution >= 0.6 is 0 Å².